The molecule has 0 aromatic heterocycles. The van der Waals surface area contributed by atoms with Crippen LogP contribution in [0.3, 0.4) is 0 Å². The summed E-state index contributed by atoms with van der Waals surface area (Å²) in [4.78, 5) is 38.3. The molecule has 0 fully saturated rings. The summed E-state index contributed by atoms with van der Waals surface area (Å²) in [6.07, 6.45) is 91.3. The summed E-state index contributed by atoms with van der Waals surface area (Å²) >= 11 is 0. The lowest BCUT2D eigenvalue weighted by Gasteiger charge is -2.18. The molecule has 0 saturated heterocycles. The summed E-state index contributed by atoms with van der Waals surface area (Å²) in [5, 5.41) is 0. The molecule has 1 unspecified atom stereocenters. The van der Waals surface area contributed by atoms with Crippen LogP contribution in [0.15, 0.2) is 109 Å². The highest BCUT2D eigenvalue weighted by atomic mass is 16.6. The number of unbranched alkanes of at least 4 members (excludes halogenated alkanes) is 31. The monoisotopic (exact) mass is 1100 g/mol. The minimum atomic E-state index is -0.811. The summed E-state index contributed by atoms with van der Waals surface area (Å²) in [5.74, 6) is -0.981. The number of carbonyl (C=O) groups is 3. The Morgan fingerprint density at radius 2 is 0.519 bits per heavy atom. The van der Waals surface area contributed by atoms with Gasteiger partial charge in [-0.2, -0.15) is 0 Å². The van der Waals surface area contributed by atoms with Crippen LogP contribution in [0.1, 0.15) is 316 Å². The first-order valence-corrected chi connectivity index (χ1v) is 33.4. The lowest BCUT2D eigenvalue weighted by Crippen LogP contribution is -2.30. The molecule has 1 atom stereocenters. The van der Waals surface area contributed by atoms with E-state index in [4.69, 9.17) is 14.2 Å². The van der Waals surface area contributed by atoms with Gasteiger partial charge in [-0.05, 0) is 89.9 Å². The molecule has 0 radical (unpaired) electrons. The maximum atomic E-state index is 12.9. The molecule has 79 heavy (non-hydrogen) atoms. The van der Waals surface area contributed by atoms with Crippen molar-refractivity contribution in [3.8, 4) is 0 Å². The zero-order valence-electron chi connectivity index (χ0n) is 51.9. The van der Waals surface area contributed by atoms with Crippen molar-refractivity contribution >= 4 is 17.9 Å². The number of hydrogen-bond donors (Lipinski definition) is 0. The fraction of sp³-hybridized carbons (Fsp3) is 0.712. The van der Waals surface area contributed by atoms with Gasteiger partial charge in [0.25, 0.3) is 0 Å². The van der Waals surface area contributed by atoms with Crippen LogP contribution in [-0.4, -0.2) is 37.2 Å². The Kier molecular flexibility index (Phi) is 63.3. The third-order valence-corrected chi connectivity index (χ3v) is 14.3. The molecule has 0 aliphatic carbocycles. The predicted molar refractivity (Wildman–Crippen MR) is 343 cm³/mol. The standard InChI is InChI=1S/C73H124O6/c1-4-7-10-13-16-19-22-25-27-29-31-33-35-36-38-39-41-43-45-48-51-54-57-60-63-66-72(75)78-69-70(68-77-71(74)65-62-59-56-53-50-47-24-21-18-15-12-9-6-3)79-73(76)67-64-61-58-55-52-49-46-44-42-40-37-34-32-30-28-26-23-20-17-14-11-8-5-2/h7,9-10,12,16,18-19,21,25,27,31,33,36,38,47,50,56,59,70H,4-6,8,11,13-15,17,20,22-24,26,28-30,32,34-35,37,39-46,48-49,51-55,57-58,60-69H2,1-3H3/b10-7-,12-9-,19-16-,21-18-,27-25-,33-31-,38-36-,50-47-,59-56-. The van der Waals surface area contributed by atoms with Crippen molar-refractivity contribution in [2.45, 2.75) is 322 Å². The Labute approximate surface area is 489 Å². The van der Waals surface area contributed by atoms with Gasteiger partial charge >= 0.3 is 17.9 Å². The molecule has 6 heteroatoms. The number of hydrogen-bond acceptors (Lipinski definition) is 6. The van der Waals surface area contributed by atoms with Crippen molar-refractivity contribution < 1.29 is 28.6 Å². The van der Waals surface area contributed by atoms with E-state index in [-0.39, 0.29) is 37.5 Å². The third kappa shape index (κ3) is 64.8. The molecule has 0 saturated carbocycles. The molecule has 0 N–H and O–H groups in total. The zero-order valence-corrected chi connectivity index (χ0v) is 51.9. The summed E-state index contributed by atoms with van der Waals surface area (Å²) in [5.41, 5.74) is 0. The third-order valence-electron chi connectivity index (χ3n) is 14.3. The number of allylic oxidation sites excluding steroid dienone is 18. The molecule has 6 nitrogen and oxygen atoms in total. The summed E-state index contributed by atoms with van der Waals surface area (Å²) in [6, 6.07) is 0. The SMILES string of the molecule is CC/C=C\C/C=C\C/C=C\C/C=C\C/C=C\CCCCCCCCCCCC(=O)OCC(COC(=O)CC/C=C\C/C=C\C/C=C\C/C=C\CC)OC(=O)CCCCCCCCCCCCCCCCCCCCCCCCC. The molecular weight excluding hydrogens is 973 g/mol. The molecule has 0 aliphatic heterocycles. The fourth-order valence-corrected chi connectivity index (χ4v) is 9.37. The van der Waals surface area contributed by atoms with Gasteiger partial charge in [0, 0.05) is 19.3 Å². The number of ether oxygens (including phenoxy) is 3. The minimum absolute atomic E-state index is 0.102. The van der Waals surface area contributed by atoms with Gasteiger partial charge in [-0.25, -0.2) is 0 Å². The second-order valence-electron chi connectivity index (χ2n) is 22.0. The van der Waals surface area contributed by atoms with E-state index in [1.54, 1.807) is 0 Å². The maximum absolute atomic E-state index is 12.9. The Bertz CT molecular complexity index is 1590. The van der Waals surface area contributed by atoms with Gasteiger partial charge in [0.15, 0.2) is 6.10 Å². The van der Waals surface area contributed by atoms with Crippen LogP contribution in [0.5, 0.6) is 0 Å². The van der Waals surface area contributed by atoms with Crippen LogP contribution in [0, 0.1) is 0 Å². The quantitative estimate of drug-likeness (QED) is 0.0261. The maximum Gasteiger partial charge on any atom is 0.306 e. The van der Waals surface area contributed by atoms with E-state index >= 15 is 0 Å². The highest BCUT2D eigenvalue weighted by Gasteiger charge is 2.19. The molecule has 452 valence electrons. The van der Waals surface area contributed by atoms with Gasteiger partial charge in [-0.3, -0.25) is 14.4 Å². The van der Waals surface area contributed by atoms with Crippen molar-refractivity contribution in [2.24, 2.45) is 0 Å². The fourth-order valence-electron chi connectivity index (χ4n) is 9.37. The van der Waals surface area contributed by atoms with Gasteiger partial charge in [0.1, 0.15) is 13.2 Å². The minimum Gasteiger partial charge on any atom is -0.462 e. The van der Waals surface area contributed by atoms with Gasteiger partial charge < -0.3 is 14.2 Å². The molecule has 0 aromatic rings. The van der Waals surface area contributed by atoms with Crippen molar-refractivity contribution in [3.63, 3.8) is 0 Å². The van der Waals surface area contributed by atoms with E-state index in [0.29, 0.717) is 19.3 Å². The highest BCUT2D eigenvalue weighted by molar-refractivity contribution is 5.71. The van der Waals surface area contributed by atoms with E-state index in [1.165, 1.54) is 167 Å². The number of esters is 3. The van der Waals surface area contributed by atoms with Crippen LogP contribution < -0.4 is 0 Å². The van der Waals surface area contributed by atoms with Gasteiger partial charge in [-0.15, -0.1) is 0 Å². The van der Waals surface area contributed by atoms with Crippen LogP contribution >= 0.6 is 0 Å². The van der Waals surface area contributed by atoms with Gasteiger partial charge in [-0.1, -0.05) is 316 Å². The molecular formula is C73H124O6. The molecule has 0 heterocycles. The van der Waals surface area contributed by atoms with Crippen LogP contribution in [-0.2, 0) is 28.6 Å². The van der Waals surface area contributed by atoms with Crippen LogP contribution in [0.4, 0.5) is 0 Å². The average Bonchev–Trinajstić information content (AvgIpc) is 3.45. The van der Waals surface area contributed by atoms with E-state index in [1.807, 2.05) is 6.08 Å². The average molecular weight is 1100 g/mol. The Morgan fingerprint density at radius 1 is 0.266 bits per heavy atom. The molecule has 0 rings (SSSR count). The first-order chi connectivity index (χ1) is 39.0. The van der Waals surface area contributed by atoms with Gasteiger partial charge in [0.2, 0.25) is 0 Å². The molecule has 0 amide bonds. The van der Waals surface area contributed by atoms with Crippen molar-refractivity contribution in [1.82, 2.24) is 0 Å². The largest absolute Gasteiger partial charge is 0.462 e. The van der Waals surface area contributed by atoms with Crippen molar-refractivity contribution in [1.29, 1.82) is 0 Å². The second kappa shape index (κ2) is 66.6. The van der Waals surface area contributed by atoms with E-state index < -0.39 is 6.10 Å². The number of carbonyl (C=O) groups excluding carboxylic acids is 3. The highest BCUT2D eigenvalue weighted by Crippen LogP contribution is 2.17. The lowest BCUT2D eigenvalue weighted by atomic mass is 10.0. The van der Waals surface area contributed by atoms with E-state index in [9.17, 15) is 14.4 Å². The van der Waals surface area contributed by atoms with E-state index in [0.717, 1.165) is 103 Å². The van der Waals surface area contributed by atoms with Gasteiger partial charge in [0.05, 0.1) is 0 Å². The summed E-state index contributed by atoms with van der Waals surface area (Å²) < 4.78 is 16.9. The van der Waals surface area contributed by atoms with Crippen LogP contribution in [0.25, 0.3) is 0 Å². The molecule has 0 aliphatic rings. The molecule has 0 aromatic carbocycles. The Balaban J connectivity index is 4.34. The predicted octanol–water partition coefficient (Wildman–Crippen LogP) is 23.0. The zero-order chi connectivity index (χ0) is 57.1. The first kappa shape index (κ1) is 75.1. The normalized spacial score (nSPS) is 12.8. The van der Waals surface area contributed by atoms with Crippen molar-refractivity contribution in [3.05, 3.63) is 109 Å². The molecule has 0 bridgehead atoms. The molecule has 0 spiro atoms. The lowest BCUT2D eigenvalue weighted by molar-refractivity contribution is -0.166. The Morgan fingerprint density at radius 3 is 0.848 bits per heavy atom. The van der Waals surface area contributed by atoms with Crippen molar-refractivity contribution in [2.75, 3.05) is 13.2 Å². The topological polar surface area (TPSA) is 78.9 Å². The summed E-state index contributed by atoms with van der Waals surface area (Å²) in [7, 11) is 0. The second-order valence-corrected chi connectivity index (χ2v) is 22.0. The van der Waals surface area contributed by atoms with Crippen LogP contribution in [0.2, 0.25) is 0 Å². The van der Waals surface area contributed by atoms with E-state index in [2.05, 4.69) is 124 Å². The smallest absolute Gasteiger partial charge is 0.306 e. The number of rotatable bonds is 60. The first-order valence-electron chi connectivity index (χ1n) is 33.4. The summed E-state index contributed by atoms with van der Waals surface area (Å²) in [6.45, 7) is 6.38. The Hall–Kier alpha value is -3.93.